The van der Waals surface area contributed by atoms with Gasteiger partial charge >= 0.3 is 0 Å². The average molecular weight is 254 g/mol. The molecule has 4 nitrogen and oxygen atoms in total. The van der Waals surface area contributed by atoms with Gasteiger partial charge in [0.1, 0.15) is 5.84 Å². The van der Waals surface area contributed by atoms with Crippen molar-refractivity contribution >= 4 is 16.7 Å². The number of rotatable bonds is 2. The van der Waals surface area contributed by atoms with E-state index in [1.807, 2.05) is 18.2 Å². The summed E-state index contributed by atoms with van der Waals surface area (Å²) in [7, 11) is 0. The Hall–Kier alpha value is -1.94. The van der Waals surface area contributed by atoms with E-state index in [9.17, 15) is 0 Å². The first-order chi connectivity index (χ1) is 9.38. The van der Waals surface area contributed by atoms with Gasteiger partial charge in [-0.3, -0.25) is 9.98 Å². The quantitative estimate of drug-likeness (QED) is 0.374. The first-order valence-corrected chi connectivity index (χ1v) is 6.77. The van der Waals surface area contributed by atoms with Crippen molar-refractivity contribution < 1.29 is 0 Å². The second-order valence-electron chi connectivity index (χ2n) is 4.94. The number of para-hydroxylation sites is 1. The van der Waals surface area contributed by atoms with E-state index in [1.54, 1.807) is 6.20 Å². The topological polar surface area (TPSA) is 63.3 Å². The highest BCUT2D eigenvalue weighted by Gasteiger charge is 2.16. The van der Waals surface area contributed by atoms with Gasteiger partial charge in [0.15, 0.2) is 0 Å². The number of hydrogen-bond acceptors (Lipinski definition) is 3. The molecule has 2 aromatic rings. The van der Waals surface area contributed by atoms with Gasteiger partial charge in [0, 0.05) is 17.1 Å². The molecule has 0 atom stereocenters. The highest BCUT2D eigenvalue weighted by molar-refractivity contribution is 6.08. The molecule has 3 rings (SSSR count). The highest BCUT2D eigenvalue weighted by Crippen LogP contribution is 2.22. The molecule has 0 spiro atoms. The van der Waals surface area contributed by atoms with Crippen LogP contribution in [0.3, 0.4) is 0 Å². The Balaban J connectivity index is 2.05. The third-order valence-electron chi connectivity index (χ3n) is 3.66. The number of benzene rings is 1. The van der Waals surface area contributed by atoms with Crippen molar-refractivity contribution in [3.8, 4) is 0 Å². The first-order valence-electron chi connectivity index (χ1n) is 6.77. The van der Waals surface area contributed by atoms with E-state index in [0.717, 1.165) is 35.1 Å². The first kappa shape index (κ1) is 12.1. The maximum Gasteiger partial charge on any atom is 0.145 e. The molecule has 1 aliphatic carbocycles. The number of nitrogens with two attached hydrogens (primary N) is 1. The van der Waals surface area contributed by atoms with Gasteiger partial charge in [0.05, 0.1) is 11.6 Å². The third-order valence-corrected chi connectivity index (χ3v) is 3.66. The molecular weight excluding hydrogens is 236 g/mol. The number of aromatic nitrogens is 1. The molecule has 0 radical (unpaired) electrons. The Bertz CT molecular complexity index is 595. The molecular formula is C15H18N4. The zero-order chi connectivity index (χ0) is 13.1. The molecule has 3 N–H and O–H groups in total. The fourth-order valence-corrected chi connectivity index (χ4v) is 2.70. The van der Waals surface area contributed by atoms with Gasteiger partial charge in [0.2, 0.25) is 0 Å². The van der Waals surface area contributed by atoms with Crippen LogP contribution in [0.25, 0.3) is 10.9 Å². The summed E-state index contributed by atoms with van der Waals surface area (Å²) < 4.78 is 0. The molecule has 98 valence electrons. The van der Waals surface area contributed by atoms with E-state index in [4.69, 9.17) is 10.8 Å². The summed E-state index contributed by atoms with van der Waals surface area (Å²) in [5, 5.41) is 1.11. The molecule has 1 aromatic heterocycles. The van der Waals surface area contributed by atoms with Crippen molar-refractivity contribution in [2.45, 2.75) is 31.7 Å². The average Bonchev–Trinajstić information content (AvgIpc) is 2.97. The summed E-state index contributed by atoms with van der Waals surface area (Å²) in [4.78, 5) is 9.20. The molecule has 0 aliphatic heterocycles. The number of hydrogen-bond donors (Lipinski definition) is 2. The largest absolute Gasteiger partial charge is 0.308 e. The van der Waals surface area contributed by atoms with Crippen LogP contribution in [0.2, 0.25) is 0 Å². The molecule has 0 unspecified atom stereocenters. The van der Waals surface area contributed by atoms with Crippen LogP contribution >= 0.6 is 0 Å². The predicted molar refractivity (Wildman–Crippen MR) is 77.9 cm³/mol. The van der Waals surface area contributed by atoms with Crippen LogP contribution in [0.4, 0.5) is 0 Å². The fourth-order valence-electron chi connectivity index (χ4n) is 2.70. The van der Waals surface area contributed by atoms with E-state index in [0.29, 0.717) is 6.04 Å². The molecule has 0 amide bonds. The number of fused-ring (bicyclic) bond motifs is 1. The van der Waals surface area contributed by atoms with Crippen molar-refractivity contribution in [1.29, 1.82) is 0 Å². The Morgan fingerprint density at radius 1 is 1.21 bits per heavy atom. The standard InChI is InChI=1S/C15H18N4/c16-19-15(18-12-7-1-2-8-12)13-9-3-5-11-6-4-10-17-14(11)13/h3-6,9-10,12H,1-2,7-8,16H2,(H,18,19). The zero-order valence-electron chi connectivity index (χ0n) is 10.8. The van der Waals surface area contributed by atoms with Crippen molar-refractivity contribution in [2.24, 2.45) is 10.8 Å². The van der Waals surface area contributed by atoms with Crippen molar-refractivity contribution in [3.05, 3.63) is 42.1 Å². The SMILES string of the molecule is NNC(=NC1CCCC1)c1cccc2cccnc12. The van der Waals surface area contributed by atoms with Gasteiger partial charge < -0.3 is 5.43 Å². The summed E-state index contributed by atoms with van der Waals surface area (Å²) in [6, 6.07) is 10.5. The van der Waals surface area contributed by atoms with Crippen LogP contribution in [0.5, 0.6) is 0 Å². The molecule has 4 heteroatoms. The minimum Gasteiger partial charge on any atom is -0.308 e. The molecule has 1 aromatic carbocycles. The van der Waals surface area contributed by atoms with E-state index in [1.165, 1.54) is 12.8 Å². The van der Waals surface area contributed by atoms with Crippen LogP contribution in [0.1, 0.15) is 31.2 Å². The molecule has 19 heavy (non-hydrogen) atoms. The lowest BCUT2D eigenvalue weighted by molar-refractivity contribution is 0.701. The van der Waals surface area contributed by atoms with Gasteiger partial charge in [-0.05, 0) is 25.0 Å². The smallest absolute Gasteiger partial charge is 0.145 e. The number of pyridine rings is 1. The summed E-state index contributed by atoms with van der Waals surface area (Å²) in [6.45, 7) is 0. The van der Waals surface area contributed by atoms with Crippen LogP contribution < -0.4 is 11.3 Å². The highest BCUT2D eigenvalue weighted by atomic mass is 15.3. The summed E-state index contributed by atoms with van der Waals surface area (Å²) in [6.07, 6.45) is 6.64. The summed E-state index contributed by atoms with van der Waals surface area (Å²) in [5.74, 6) is 6.41. The lowest BCUT2D eigenvalue weighted by atomic mass is 10.1. The van der Waals surface area contributed by atoms with Crippen molar-refractivity contribution in [2.75, 3.05) is 0 Å². The lowest BCUT2D eigenvalue weighted by Gasteiger charge is -2.11. The minimum atomic E-state index is 0.394. The Morgan fingerprint density at radius 2 is 2.00 bits per heavy atom. The second-order valence-corrected chi connectivity index (χ2v) is 4.94. The van der Waals surface area contributed by atoms with Gasteiger partial charge in [-0.1, -0.05) is 31.0 Å². The molecule has 1 aliphatic rings. The number of nitrogens with zero attached hydrogens (tertiary/aromatic N) is 2. The normalized spacial score (nSPS) is 17.0. The minimum absolute atomic E-state index is 0.394. The summed E-state index contributed by atoms with van der Waals surface area (Å²) in [5.41, 5.74) is 4.67. The van der Waals surface area contributed by atoms with E-state index in [-0.39, 0.29) is 0 Å². The molecule has 1 saturated carbocycles. The van der Waals surface area contributed by atoms with Gasteiger partial charge in [-0.25, -0.2) is 5.84 Å². The molecule has 0 saturated heterocycles. The van der Waals surface area contributed by atoms with Crippen molar-refractivity contribution in [3.63, 3.8) is 0 Å². The van der Waals surface area contributed by atoms with Gasteiger partial charge in [-0.2, -0.15) is 0 Å². The lowest BCUT2D eigenvalue weighted by Crippen LogP contribution is -2.32. The van der Waals surface area contributed by atoms with Crippen LogP contribution in [-0.4, -0.2) is 16.9 Å². The number of aliphatic imine (C=N–C) groups is 1. The van der Waals surface area contributed by atoms with E-state index in [2.05, 4.69) is 22.5 Å². The summed E-state index contributed by atoms with van der Waals surface area (Å²) >= 11 is 0. The Kier molecular flexibility index (Phi) is 3.42. The monoisotopic (exact) mass is 254 g/mol. The van der Waals surface area contributed by atoms with E-state index < -0.39 is 0 Å². The van der Waals surface area contributed by atoms with Gasteiger partial charge in [-0.15, -0.1) is 0 Å². The predicted octanol–water partition coefficient (Wildman–Crippen LogP) is 2.39. The van der Waals surface area contributed by atoms with Crippen LogP contribution in [0, 0.1) is 0 Å². The molecule has 1 heterocycles. The molecule has 1 fully saturated rings. The fraction of sp³-hybridized carbons (Fsp3) is 0.333. The Morgan fingerprint density at radius 3 is 2.79 bits per heavy atom. The maximum absolute atomic E-state index is 5.67. The zero-order valence-corrected chi connectivity index (χ0v) is 10.8. The van der Waals surface area contributed by atoms with Crippen molar-refractivity contribution in [1.82, 2.24) is 10.4 Å². The number of hydrazine groups is 1. The third kappa shape index (κ3) is 2.44. The number of amidine groups is 1. The van der Waals surface area contributed by atoms with Crippen LogP contribution in [0.15, 0.2) is 41.5 Å². The second kappa shape index (κ2) is 5.36. The number of nitrogens with one attached hydrogen (secondary N) is 1. The van der Waals surface area contributed by atoms with E-state index >= 15 is 0 Å². The van der Waals surface area contributed by atoms with Crippen LogP contribution in [-0.2, 0) is 0 Å². The maximum atomic E-state index is 5.67. The van der Waals surface area contributed by atoms with Gasteiger partial charge in [0.25, 0.3) is 0 Å². The Labute approximate surface area is 112 Å². The molecule has 0 bridgehead atoms.